The summed E-state index contributed by atoms with van der Waals surface area (Å²) in [6.45, 7) is 0. The van der Waals surface area contributed by atoms with Crippen LogP contribution >= 0.6 is 11.6 Å². The van der Waals surface area contributed by atoms with Crippen molar-refractivity contribution in [1.29, 1.82) is 0 Å². The number of hydrogen-bond donors (Lipinski definition) is 0. The van der Waals surface area contributed by atoms with Gasteiger partial charge in [0.1, 0.15) is 0 Å². The van der Waals surface area contributed by atoms with Gasteiger partial charge in [-0.05, 0) is 0 Å². The third-order valence-corrected chi connectivity index (χ3v) is 1.10. The molecule has 2 unspecified atom stereocenters. The molecule has 0 amide bonds. The van der Waals surface area contributed by atoms with Crippen LogP contribution in [0.25, 0.3) is 0 Å². The Morgan fingerprint density at radius 1 is 0.923 bits per heavy atom. The minimum atomic E-state index is -5.52. The Morgan fingerprint density at radius 2 is 1.31 bits per heavy atom. The lowest BCUT2D eigenvalue weighted by atomic mass is 10.6. The molecule has 0 fully saturated rings. The number of alkyl halides is 8. The van der Waals surface area contributed by atoms with Gasteiger partial charge in [-0.15, -0.1) is 0 Å². The van der Waals surface area contributed by atoms with E-state index in [2.05, 4.69) is 16.3 Å². The maximum atomic E-state index is 11.8. The Morgan fingerprint density at radius 3 is 1.54 bits per heavy atom. The largest absolute Gasteiger partial charge is 0.445 e. The van der Waals surface area contributed by atoms with Crippen molar-refractivity contribution < 1.29 is 35.5 Å². The maximum Gasteiger partial charge on any atom is 0.445 e. The summed E-state index contributed by atoms with van der Waals surface area (Å²) in [6.07, 6.45) is -14.8. The van der Waals surface area contributed by atoms with Crippen LogP contribution in [0.1, 0.15) is 0 Å². The summed E-state index contributed by atoms with van der Waals surface area (Å²) in [5.74, 6) is 0. The fourth-order valence-electron chi connectivity index (χ4n) is 0.259. The Hall–Kier alpha value is -0.240. The van der Waals surface area contributed by atoms with Gasteiger partial charge in [0.15, 0.2) is 0 Å². The van der Waals surface area contributed by atoms with E-state index in [0.29, 0.717) is 0 Å². The molecule has 0 bridgehead atoms. The molecule has 0 heterocycles. The van der Waals surface area contributed by atoms with Crippen LogP contribution in [0, 0.1) is 0 Å². The summed E-state index contributed by atoms with van der Waals surface area (Å²) in [5.41, 5.74) is -3.32. The number of halogens is 8. The predicted octanol–water partition coefficient (Wildman–Crippen LogP) is 2.99. The lowest BCUT2D eigenvalue weighted by Crippen LogP contribution is -2.36. The second-order valence-electron chi connectivity index (χ2n) is 1.85. The highest BCUT2D eigenvalue weighted by molar-refractivity contribution is 6.20. The second-order valence-corrected chi connectivity index (χ2v) is 2.25. The summed E-state index contributed by atoms with van der Waals surface area (Å²) in [6, 6.07) is 0. The van der Waals surface area contributed by atoms with Crippen molar-refractivity contribution in [2.24, 2.45) is 0 Å². The summed E-state index contributed by atoms with van der Waals surface area (Å²) in [7, 11) is 0. The first-order valence-electron chi connectivity index (χ1n) is 2.62. The van der Waals surface area contributed by atoms with E-state index >= 15 is 0 Å². The van der Waals surface area contributed by atoms with Crippen LogP contribution in [-0.2, 0) is 4.74 Å². The maximum absolute atomic E-state index is 11.8. The van der Waals surface area contributed by atoms with Crippen LogP contribution < -0.4 is 0 Å². The molecule has 0 aromatic heterocycles. The standard InChI is InChI=1S/C4H2ClF7O/c5-1(3(7,8)9)13-2(6)4(10,11)12/h1-2H. The van der Waals surface area contributed by atoms with Crippen LogP contribution in [0.5, 0.6) is 0 Å². The number of rotatable bonds is 2. The third kappa shape index (κ3) is 4.51. The molecule has 13 heavy (non-hydrogen) atoms. The molecular weight excluding hydrogens is 232 g/mol. The molecule has 0 saturated carbocycles. The molecule has 0 N–H and O–H groups in total. The van der Waals surface area contributed by atoms with Crippen molar-refractivity contribution >= 4 is 11.6 Å². The molecule has 0 aromatic rings. The molecule has 0 aliphatic rings. The normalized spacial score (nSPS) is 18.5. The van der Waals surface area contributed by atoms with E-state index in [-0.39, 0.29) is 0 Å². The molecule has 2 atom stereocenters. The van der Waals surface area contributed by atoms with E-state index in [1.807, 2.05) is 0 Å². The molecule has 0 rings (SSSR count). The van der Waals surface area contributed by atoms with Crippen LogP contribution in [0.3, 0.4) is 0 Å². The molecule has 0 aromatic carbocycles. The summed E-state index contributed by atoms with van der Waals surface area (Å²) in [5, 5.41) is 0. The van der Waals surface area contributed by atoms with Crippen molar-refractivity contribution in [3.8, 4) is 0 Å². The molecule has 0 saturated heterocycles. The first-order valence-corrected chi connectivity index (χ1v) is 3.06. The van der Waals surface area contributed by atoms with Crippen LogP contribution in [-0.4, -0.2) is 24.3 Å². The van der Waals surface area contributed by atoms with Crippen LogP contribution in [0.4, 0.5) is 30.7 Å². The van der Waals surface area contributed by atoms with E-state index in [0.717, 1.165) is 0 Å². The summed E-state index contributed by atoms with van der Waals surface area (Å²) in [4.78, 5) is 0. The van der Waals surface area contributed by atoms with E-state index < -0.39 is 24.3 Å². The Balaban J connectivity index is 4.15. The lowest BCUT2D eigenvalue weighted by molar-refractivity contribution is -0.300. The topological polar surface area (TPSA) is 9.23 Å². The summed E-state index contributed by atoms with van der Waals surface area (Å²) < 4.78 is 82.6. The second kappa shape index (κ2) is 3.87. The average molecular weight is 234 g/mol. The molecule has 0 radical (unpaired) electrons. The van der Waals surface area contributed by atoms with Gasteiger partial charge in [-0.2, -0.15) is 26.3 Å². The predicted molar refractivity (Wildman–Crippen MR) is 27.7 cm³/mol. The van der Waals surface area contributed by atoms with Crippen molar-refractivity contribution in [3.63, 3.8) is 0 Å². The van der Waals surface area contributed by atoms with E-state index in [1.54, 1.807) is 0 Å². The molecule has 0 aliphatic carbocycles. The molecule has 9 heteroatoms. The van der Waals surface area contributed by atoms with Gasteiger partial charge in [0.25, 0.3) is 6.36 Å². The van der Waals surface area contributed by atoms with Gasteiger partial charge in [0.05, 0.1) is 0 Å². The quantitative estimate of drug-likeness (QED) is 0.527. The Labute approximate surface area is 72.4 Å². The zero-order valence-corrected chi connectivity index (χ0v) is 6.34. The van der Waals surface area contributed by atoms with Crippen molar-refractivity contribution in [2.75, 3.05) is 0 Å². The Kier molecular flexibility index (Phi) is 3.80. The van der Waals surface area contributed by atoms with E-state index in [4.69, 9.17) is 0 Å². The van der Waals surface area contributed by atoms with Gasteiger partial charge in [-0.3, -0.25) is 0 Å². The fraction of sp³-hybridized carbons (Fsp3) is 1.00. The zero-order valence-electron chi connectivity index (χ0n) is 5.59. The smallest absolute Gasteiger partial charge is 0.312 e. The first kappa shape index (κ1) is 12.8. The molecule has 0 aliphatic heterocycles. The fourth-order valence-corrected chi connectivity index (χ4v) is 0.350. The molecule has 1 nitrogen and oxygen atoms in total. The highest BCUT2D eigenvalue weighted by Gasteiger charge is 2.48. The number of hydrogen-bond acceptors (Lipinski definition) is 1. The zero-order chi connectivity index (χ0) is 10.9. The van der Waals surface area contributed by atoms with Gasteiger partial charge in [-0.1, -0.05) is 11.6 Å². The highest BCUT2D eigenvalue weighted by Crippen LogP contribution is 2.31. The highest BCUT2D eigenvalue weighted by atomic mass is 35.5. The van der Waals surface area contributed by atoms with Gasteiger partial charge in [0.2, 0.25) is 5.56 Å². The SMILES string of the molecule is FC(OC(Cl)C(F)(F)F)C(F)(F)F. The average Bonchev–Trinajstić information content (AvgIpc) is 1.82. The minimum Gasteiger partial charge on any atom is -0.312 e. The minimum absolute atomic E-state index is 2.83. The molecular formula is C4H2ClF7O. The van der Waals surface area contributed by atoms with Gasteiger partial charge in [0, 0.05) is 0 Å². The van der Waals surface area contributed by atoms with E-state index in [9.17, 15) is 30.7 Å². The monoisotopic (exact) mass is 234 g/mol. The molecule has 80 valence electrons. The van der Waals surface area contributed by atoms with Gasteiger partial charge >= 0.3 is 12.4 Å². The molecule has 0 spiro atoms. The number of ether oxygens (including phenoxy) is 1. The third-order valence-electron chi connectivity index (χ3n) is 0.754. The van der Waals surface area contributed by atoms with E-state index in [1.165, 1.54) is 0 Å². The van der Waals surface area contributed by atoms with Gasteiger partial charge in [-0.25, -0.2) is 4.39 Å². The van der Waals surface area contributed by atoms with Crippen LogP contribution in [0.15, 0.2) is 0 Å². The lowest BCUT2D eigenvalue weighted by Gasteiger charge is -2.18. The summed E-state index contributed by atoms with van der Waals surface area (Å²) >= 11 is 4.27. The Bertz CT molecular complexity index is 145. The van der Waals surface area contributed by atoms with Crippen molar-refractivity contribution in [1.82, 2.24) is 0 Å². The van der Waals surface area contributed by atoms with Gasteiger partial charge < -0.3 is 4.74 Å². The van der Waals surface area contributed by atoms with Crippen molar-refractivity contribution in [3.05, 3.63) is 0 Å². The van der Waals surface area contributed by atoms with Crippen molar-refractivity contribution in [2.45, 2.75) is 24.3 Å². The first-order chi connectivity index (χ1) is 5.55. The van der Waals surface area contributed by atoms with Crippen LogP contribution in [0.2, 0.25) is 0 Å².